The van der Waals surface area contributed by atoms with E-state index in [2.05, 4.69) is 5.10 Å². The molecule has 0 amide bonds. The first-order valence-electron chi connectivity index (χ1n) is 8.06. The van der Waals surface area contributed by atoms with Gasteiger partial charge < -0.3 is 5.11 Å². The molecular formula is C18H14F3N3O4S. The van der Waals surface area contributed by atoms with Gasteiger partial charge in [-0.05, 0) is 23.3 Å². The highest BCUT2D eigenvalue weighted by molar-refractivity contribution is 7.89. The molecule has 0 bridgehead atoms. The second-order valence-corrected chi connectivity index (χ2v) is 7.63. The van der Waals surface area contributed by atoms with E-state index in [4.69, 9.17) is 5.14 Å². The van der Waals surface area contributed by atoms with Crippen molar-refractivity contribution in [3.63, 3.8) is 0 Å². The lowest BCUT2D eigenvalue weighted by atomic mass is 10.0. The average Bonchev–Trinajstić information content (AvgIpc) is 3.07. The first kappa shape index (κ1) is 20.6. The standard InChI is InChI=1S/C18H14F3N3O4S/c19-18(20,21)16-14(11-4-2-1-3-5-11)10-23-24(16)15(17(25)26)12-6-8-13(9-7-12)29(22,27)28/h1-10,15H,(H,25,26)(H2,22,27,28). The van der Waals surface area contributed by atoms with Crippen LogP contribution in [0, 0.1) is 0 Å². The fourth-order valence-corrected chi connectivity index (χ4v) is 3.41. The van der Waals surface area contributed by atoms with Gasteiger partial charge in [-0.25, -0.2) is 23.0 Å². The number of carboxylic acids is 1. The predicted octanol–water partition coefficient (Wildman–Crippen LogP) is 2.89. The molecule has 11 heteroatoms. The van der Waals surface area contributed by atoms with Crippen molar-refractivity contribution in [3.8, 4) is 11.1 Å². The van der Waals surface area contributed by atoms with Gasteiger partial charge in [-0.1, -0.05) is 42.5 Å². The minimum Gasteiger partial charge on any atom is -0.479 e. The third kappa shape index (κ3) is 4.15. The number of sulfonamides is 1. The molecule has 3 N–H and O–H groups in total. The van der Waals surface area contributed by atoms with Crippen molar-refractivity contribution >= 4 is 16.0 Å². The topological polar surface area (TPSA) is 115 Å². The van der Waals surface area contributed by atoms with Crippen LogP contribution in [0.25, 0.3) is 11.1 Å². The normalized spacial score (nSPS) is 13.2. The largest absolute Gasteiger partial charge is 0.479 e. The van der Waals surface area contributed by atoms with Gasteiger partial charge in [0, 0.05) is 5.56 Å². The molecule has 0 radical (unpaired) electrons. The summed E-state index contributed by atoms with van der Waals surface area (Å²) >= 11 is 0. The Labute approximate surface area is 163 Å². The van der Waals surface area contributed by atoms with E-state index >= 15 is 0 Å². The zero-order valence-electron chi connectivity index (χ0n) is 14.5. The van der Waals surface area contributed by atoms with Gasteiger partial charge in [-0.15, -0.1) is 0 Å². The molecule has 0 fully saturated rings. The highest BCUT2D eigenvalue weighted by atomic mass is 32.2. The zero-order valence-corrected chi connectivity index (χ0v) is 15.4. The molecule has 1 unspecified atom stereocenters. The number of rotatable bonds is 5. The van der Waals surface area contributed by atoms with Gasteiger partial charge in [0.2, 0.25) is 10.0 Å². The third-order valence-corrected chi connectivity index (χ3v) is 5.08. The molecule has 0 aliphatic carbocycles. The van der Waals surface area contributed by atoms with Crippen molar-refractivity contribution in [2.45, 2.75) is 17.1 Å². The summed E-state index contributed by atoms with van der Waals surface area (Å²) in [6.07, 6.45) is -3.94. The van der Waals surface area contributed by atoms with Crippen LogP contribution in [0.3, 0.4) is 0 Å². The Bertz CT molecular complexity index is 1140. The number of aliphatic carboxylic acids is 1. The summed E-state index contributed by atoms with van der Waals surface area (Å²) in [5.41, 5.74) is -1.38. The summed E-state index contributed by atoms with van der Waals surface area (Å²) < 4.78 is 64.6. The quantitative estimate of drug-likeness (QED) is 0.652. The number of aromatic nitrogens is 2. The maximum Gasteiger partial charge on any atom is 0.433 e. The van der Waals surface area contributed by atoms with E-state index in [9.17, 15) is 31.5 Å². The Kier molecular flexibility index (Phi) is 5.20. The molecule has 1 aromatic heterocycles. The number of hydrogen-bond acceptors (Lipinski definition) is 4. The number of nitrogens with two attached hydrogens (primary N) is 1. The molecular weight excluding hydrogens is 411 g/mol. The van der Waals surface area contributed by atoms with Gasteiger partial charge in [0.15, 0.2) is 11.7 Å². The van der Waals surface area contributed by atoms with Crippen LogP contribution in [0.4, 0.5) is 13.2 Å². The Morgan fingerprint density at radius 3 is 2.14 bits per heavy atom. The Balaban J connectivity index is 2.18. The van der Waals surface area contributed by atoms with Crippen molar-refractivity contribution in [1.29, 1.82) is 0 Å². The van der Waals surface area contributed by atoms with E-state index in [1.165, 1.54) is 12.1 Å². The Morgan fingerprint density at radius 2 is 1.66 bits per heavy atom. The van der Waals surface area contributed by atoms with Gasteiger partial charge in [0.25, 0.3) is 0 Å². The van der Waals surface area contributed by atoms with Crippen molar-refractivity contribution < 1.29 is 31.5 Å². The third-order valence-electron chi connectivity index (χ3n) is 4.15. The molecule has 2 aromatic carbocycles. The summed E-state index contributed by atoms with van der Waals surface area (Å²) in [5, 5.41) is 18.3. The zero-order chi connectivity index (χ0) is 21.4. The smallest absolute Gasteiger partial charge is 0.433 e. The molecule has 7 nitrogen and oxygen atoms in total. The first-order valence-corrected chi connectivity index (χ1v) is 9.60. The molecule has 1 atom stereocenters. The van der Waals surface area contributed by atoms with Crippen LogP contribution < -0.4 is 5.14 Å². The number of primary sulfonamides is 1. The fourth-order valence-electron chi connectivity index (χ4n) is 2.90. The summed E-state index contributed by atoms with van der Waals surface area (Å²) in [4.78, 5) is 11.5. The number of alkyl halides is 3. The van der Waals surface area contributed by atoms with Gasteiger partial charge >= 0.3 is 12.1 Å². The Hall–Kier alpha value is -3.18. The number of carboxylic acid groups (broad SMARTS) is 1. The Morgan fingerprint density at radius 1 is 1.07 bits per heavy atom. The van der Waals surface area contributed by atoms with E-state index < -0.39 is 33.9 Å². The lowest BCUT2D eigenvalue weighted by molar-refractivity contribution is -0.148. The van der Waals surface area contributed by atoms with Crippen LogP contribution in [0.15, 0.2) is 65.7 Å². The highest BCUT2D eigenvalue weighted by Gasteiger charge is 2.41. The average molecular weight is 425 g/mol. The molecule has 3 rings (SSSR count). The van der Waals surface area contributed by atoms with Crippen LogP contribution in [-0.2, 0) is 21.0 Å². The maximum atomic E-state index is 13.8. The summed E-state index contributed by atoms with van der Waals surface area (Å²) in [7, 11) is -4.04. The number of hydrogen-bond donors (Lipinski definition) is 2. The monoisotopic (exact) mass is 425 g/mol. The van der Waals surface area contributed by atoms with Gasteiger partial charge in [-0.3, -0.25) is 0 Å². The maximum absolute atomic E-state index is 13.8. The van der Waals surface area contributed by atoms with Gasteiger partial charge in [0.05, 0.1) is 11.1 Å². The molecule has 3 aromatic rings. The molecule has 1 heterocycles. The molecule has 0 aliphatic rings. The summed E-state index contributed by atoms with van der Waals surface area (Å²) in [5.74, 6) is -1.60. The van der Waals surface area contributed by atoms with Crippen molar-refractivity contribution in [2.75, 3.05) is 0 Å². The van der Waals surface area contributed by atoms with E-state index in [1.807, 2.05) is 0 Å². The van der Waals surface area contributed by atoms with E-state index in [0.29, 0.717) is 4.68 Å². The second-order valence-electron chi connectivity index (χ2n) is 6.07. The highest BCUT2D eigenvalue weighted by Crippen LogP contribution is 2.39. The first-order chi connectivity index (χ1) is 13.5. The number of nitrogens with zero attached hydrogens (tertiary/aromatic N) is 2. The van der Waals surface area contributed by atoms with Crippen LogP contribution >= 0.6 is 0 Å². The fraction of sp³-hybridized carbons (Fsp3) is 0.111. The van der Waals surface area contributed by atoms with Crippen LogP contribution in [0.2, 0.25) is 0 Å². The lowest BCUT2D eigenvalue weighted by Gasteiger charge is -2.19. The van der Waals surface area contributed by atoms with E-state index in [-0.39, 0.29) is 21.6 Å². The minimum absolute atomic E-state index is 0.0990. The lowest BCUT2D eigenvalue weighted by Crippen LogP contribution is -2.26. The second kappa shape index (κ2) is 7.33. The van der Waals surface area contributed by atoms with Crippen molar-refractivity contribution in [1.82, 2.24) is 9.78 Å². The van der Waals surface area contributed by atoms with Gasteiger partial charge in [0.1, 0.15) is 0 Å². The SMILES string of the molecule is NS(=O)(=O)c1ccc(C(C(=O)O)n2ncc(-c3ccccc3)c2C(F)(F)F)cc1. The molecule has 152 valence electrons. The number of benzene rings is 2. The summed E-state index contributed by atoms with van der Waals surface area (Å²) in [6, 6.07) is 10.0. The van der Waals surface area contributed by atoms with Crippen molar-refractivity contribution in [3.05, 3.63) is 72.1 Å². The van der Waals surface area contributed by atoms with Crippen LogP contribution in [-0.4, -0.2) is 29.3 Å². The van der Waals surface area contributed by atoms with E-state index in [1.54, 1.807) is 18.2 Å². The minimum atomic E-state index is -4.89. The molecule has 29 heavy (non-hydrogen) atoms. The van der Waals surface area contributed by atoms with Gasteiger partial charge in [-0.2, -0.15) is 18.3 Å². The molecule has 0 spiro atoms. The number of carbonyl (C=O) groups is 1. The number of halogens is 3. The van der Waals surface area contributed by atoms with Crippen LogP contribution in [0.1, 0.15) is 17.3 Å². The summed E-state index contributed by atoms with van der Waals surface area (Å²) in [6.45, 7) is 0. The molecule has 0 aliphatic heterocycles. The molecule has 0 saturated heterocycles. The molecule has 0 saturated carbocycles. The van der Waals surface area contributed by atoms with E-state index in [0.717, 1.165) is 30.5 Å². The van der Waals surface area contributed by atoms with Crippen molar-refractivity contribution in [2.24, 2.45) is 5.14 Å². The predicted molar refractivity (Wildman–Crippen MR) is 96.3 cm³/mol. The van der Waals surface area contributed by atoms with Crippen LogP contribution in [0.5, 0.6) is 0 Å².